The maximum absolute atomic E-state index is 11.0. The van der Waals surface area contributed by atoms with Crippen molar-refractivity contribution in [3.63, 3.8) is 0 Å². The number of nitrogens with two attached hydrogens (primary N) is 2. The molecule has 0 saturated carbocycles. The minimum absolute atomic E-state index is 0.00282. The Morgan fingerprint density at radius 3 is 0.947 bits per heavy atom. The Balaban J connectivity index is 0.000000162. The molecule has 6 aromatic carbocycles. The van der Waals surface area contributed by atoms with Crippen molar-refractivity contribution < 1.29 is 39.4 Å². The monoisotopic (exact) mass is 1020 g/mol. The Labute approximate surface area is 436 Å². The molecule has 2 aliphatic rings. The van der Waals surface area contributed by atoms with Gasteiger partial charge in [0.05, 0.1) is 25.9 Å². The van der Waals surface area contributed by atoms with E-state index in [9.17, 15) is 20.4 Å². The maximum Gasteiger partial charge on any atom is 0.167 e. The summed E-state index contributed by atoms with van der Waals surface area (Å²) in [5.41, 5.74) is 17.0. The number of benzene rings is 6. The van der Waals surface area contributed by atoms with Gasteiger partial charge >= 0.3 is 0 Å². The molecule has 4 aromatic heterocycles. The molecule has 18 nitrogen and oxygen atoms in total. The number of nitrogen functional groups attached to an aromatic ring is 2. The zero-order chi connectivity index (χ0) is 52.2. The molecule has 8 N–H and O–H groups in total. The first kappa shape index (κ1) is 49.9. The molecule has 8 atom stereocenters. The minimum atomic E-state index is -1.24. The number of rotatable bonds is 14. The highest BCUT2D eigenvalue weighted by Crippen LogP contribution is 2.44. The average Bonchev–Trinajstić information content (AvgIpc) is 4.26. The Kier molecular flexibility index (Phi) is 14.1. The van der Waals surface area contributed by atoms with E-state index in [1.165, 1.54) is 25.3 Å². The molecule has 10 aromatic rings. The highest BCUT2D eigenvalue weighted by molar-refractivity contribution is 5.82. The van der Waals surface area contributed by atoms with Crippen LogP contribution in [-0.2, 0) is 30.1 Å². The summed E-state index contributed by atoms with van der Waals surface area (Å²) in [6, 6.07) is 59.6. The average molecular weight is 1020 g/mol. The summed E-state index contributed by atoms with van der Waals surface area (Å²) in [6.07, 6.45) is -2.84. The highest BCUT2D eigenvalue weighted by atomic mass is 16.6. The summed E-state index contributed by atoms with van der Waals surface area (Å²) in [7, 11) is 0. The van der Waals surface area contributed by atoms with Gasteiger partial charge in [-0.05, 0) is 33.4 Å². The lowest BCUT2D eigenvalue weighted by Gasteiger charge is -2.37. The SMILES string of the molecule is Nc1ncnc2c1ncn2[C@@H]1O[C@H](COC(c2ccccc2)(c2ccccc2)c2ccccc2)[C@@H](O)[C@H]1O.Nc1ncnc2c1ncn2[C@@H]1O[C@H](COC(c2ccccc2)(c2ccccc2)c2ccccc2)[C@@H](O)[C@H]1O. The standard InChI is InChI=1S/2C29H27N5O4/c2*30-26-23-27(32-17-31-26)34(18-33-23)28-25(36)24(35)22(38-28)16-37-29(19-10-4-1-5-11-19,20-12-6-2-7-13-20)21-14-8-3-9-15-21/h2*1-15,17-18,22,24-25,28,35-36H,16H2,(H2,30,31,32)/t2*22-,24-,25-,28-/m11/s1. The number of imidazole rings is 2. The number of hydrogen-bond donors (Lipinski definition) is 6. The zero-order valence-corrected chi connectivity index (χ0v) is 40.8. The minimum Gasteiger partial charge on any atom is -0.387 e. The van der Waals surface area contributed by atoms with Gasteiger partial charge in [0.15, 0.2) is 35.4 Å². The van der Waals surface area contributed by atoms with Crippen LogP contribution in [0.5, 0.6) is 0 Å². The number of nitrogens with zero attached hydrogens (tertiary/aromatic N) is 8. The first-order valence-corrected chi connectivity index (χ1v) is 24.7. The Hall–Kier alpha value is -8.30. The van der Waals surface area contributed by atoms with E-state index in [1.807, 2.05) is 182 Å². The molecule has 2 aliphatic heterocycles. The zero-order valence-electron chi connectivity index (χ0n) is 40.8. The third-order valence-electron chi connectivity index (χ3n) is 14.0. The van der Waals surface area contributed by atoms with Gasteiger partial charge < -0.3 is 50.8 Å². The van der Waals surface area contributed by atoms with E-state index in [4.69, 9.17) is 30.4 Å². The fourth-order valence-electron chi connectivity index (χ4n) is 10.3. The van der Waals surface area contributed by atoms with Crippen molar-refractivity contribution >= 4 is 34.0 Å². The number of fused-ring (bicyclic) bond motifs is 2. The first-order valence-electron chi connectivity index (χ1n) is 24.7. The second-order valence-electron chi connectivity index (χ2n) is 18.4. The normalized spacial score (nSPS) is 21.6. The predicted octanol–water partition coefficient (Wildman–Crippen LogP) is 6.07. The van der Waals surface area contributed by atoms with Crippen molar-refractivity contribution in [3.8, 4) is 0 Å². The van der Waals surface area contributed by atoms with Crippen LogP contribution in [0, 0.1) is 0 Å². The van der Waals surface area contributed by atoms with Crippen molar-refractivity contribution in [3.05, 3.63) is 241 Å². The van der Waals surface area contributed by atoms with Crippen molar-refractivity contribution in [1.29, 1.82) is 0 Å². The molecular formula is C58H54N10O8. The second-order valence-corrected chi connectivity index (χ2v) is 18.4. The van der Waals surface area contributed by atoms with Crippen LogP contribution in [0.2, 0.25) is 0 Å². The van der Waals surface area contributed by atoms with Crippen LogP contribution < -0.4 is 11.5 Å². The van der Waals surface area contributed by atoms with Crippen molar-refractivity contribution in [2.75, 3.05) is 24.7 Å². The summed E-state index contributed by atoms with van der Waals surface area (Å²) in [6.45, 7) is -0.00563. The number of aliphatic hydroxyl groups excluding tert-OH is 4. The van der Waals surface area contributed by atoms with Gasteiger partial charge in [0.1, 0.15) is 71.5 Å². The number of anilines is 2. The summed E-state index contributed by atoms with van der Waals surface area (Å²) < 4.78 is 29.1. The summed E-state index contributed by atoms with van der Waals surface area (Å²) >= 11 is 0. The van der Waals surface area contributed by atoms with E-state index in [1.54, 1.807) is 9.13 Å². The Morgan fingerprint density at radius 1 is 0.395 bits per heavy atom. The fourth-order valence-corrected chi connectivity index (χ4v) is 10.3. The van der Waals surface area contributed by atoms with Gasteiger partial charge in [0.25, 0.3) is 0 Å². The van der Waals surface area contributed by atoms with Crippen LogP contribution in [0.3, 0.4) is 0 Å². The number of ether oxygens (including phenoxy) is 4. The third kappa shape index (κ3) is 9.12. The molecule has 0 unspecified atom stereocenters. The number of hydrogen-bond acceptors (Lipinski definition) is 16. The van der Waals surface area contributed by atoms with Gasteiger partial charge in [-0.3, -0.25) is 9.13 Å². The van der Waals surface area contributed by atoms with E-state index in [0.29, 0.717) is 22.3 Å². The maximum atomic E-state index is 11.0. The van der Waals surface area contributed by atoms with Crippen LogP contribution >= 0.6 is 0 Å². The summed E-state index contributed by atoms with van der Waals surface area (Å²) in [4.78, 5) is 24.9. The fraction of sp³-hybridized carbons (Fsp3) is 0.207. The lowest BCUT2D eigenvalue weighted by Crippen LogP contribution is -2.39. The molecule has 6 heterocycles. The van der Waals surface area contributed by atoms with Crippen LogP contribution in [-0.4, -0.2) is 109 Å². The number of aromatic nitrogens is 8. The topological polar surface area (TPSA) is 257 Å². The molecule has 2 fully saturated rings. The molecule has 0 spiro atoms. The van der Waals surface area contributed by atoms with Gasteiger partial charge in [-0.1, -0.05) is 182 Å². The summed E-state index contributed by atoms with van der Waals surface area (Å²) in [5.74, 6) is 0.445. The second kappa shape index (κ2) is 21.5. The molecule has 12 rings (SSSR count). The van der Waals surface area contributed by atoms with E-state index >= 15 is 0 Å². The van der Waals surface area contributed by atoms with E-state index < -0.39 is 60.3 Å². The third-order valence-corrected chi connectivity index (χ3v) is 14.0. The van der Waals surface area contributed by atoms with Crippen molar-refractivity contribution in [1.82, 2.24) is 39.0 Å². The molecule has 2 saturated heterocycles. The van der Waals surface area contributed by atoms with Gasteiger partial charge in [0, 0.05) is 0 Å². The molecule has 0 radical (unpaired) electrons. The molecule has 18 heteroatoms. The van der Waals surface area contributed by atoms with Crippen LogP contribution in [0.25, 0.3) is 22.3 Å². The van der Waals surface area contributed by atoms with Crippen LogP contribution in [0.4, 0.5) is 11.6 Å². The van der Waals surface area contributed by atoms with Gasteiger partial charge in [-0.25, -0.2) is 29.9 Å². The lowest BCUT2D eigenvalue weighted by molar-refractivity contribution is -0.0942. The molecule has 384 valence electrons. The molecule has 76 heavy (non-hydrogen) atoms. The van der Waals surface area contributed by atoms with Crippen molar-refractivity contribution in [2.45, 2.75) is 60.3 Å². The molecule has 0 amide bonds. The number of aliphatic hydroxyl groups is 4. The van der Waals surface area contributed by atoms with E-state index in [0.717, 1.165) is 33.4 Å². The predicted molar refractivity (Wildman–Crippen MR) is 282 cm³/mol. The largest absolute Gasteiger partial charge is 0.387 e. The van der Waals surface area contributed by atoms with Gasteiger partial charge in [-0.2, -0.15) is 0 Å². The smallest absolute Gasteiger partial charge is 0.167 e. The highest BCUT2D eigenvalue weighted by Gasteiger charge is 2.48. The molecule has 0 bridgehead atoms. The van der Waals surface area contributed by atoms with Crippen molar-refractivity contribution in [2.24, 2.45) is 0 Å². The lowest BCUT2D eigenvalue weighted by atomic mass is 9.80. The molecule has 0 aliphatic carbocycles. The Morgan fingerprint density at radius 2 is 0.671 bits per heavy atom. The van der Waals surface area contributed by atoms with Crippen LogP contribution in [0.1, 0.15) is 45.8 Å². The van der Waals surface area contributed by atoms with Gasteiger partial charge in [-0.15, -0.1) is 0 Å². The van der Waals surface area contributed by atoms with Gasteiger partial charge in [0.2, 0.25) is 0 Å². The van der Waals surface area contributed by atoms with E-state index in [-0.39, 0.29) is 24.8 Å². The van der Waals surface area contributed by atoms with Crippen LogP contribution in [0.15, 0.2) is 207 Å². The Bertz CT molecular complexity index is 3070. The molecular weight excluding hydrogens is 965 g/mol. The quantitative estimate of drug-likeness (QED) is 0.0676. The van der Waals surface area contributed by atoms with E-state index in [2.05, 4.69) is 29.9 Å². The first-order chi connectivity index (χ1) is 37.2. The summed E-state index contributed by atoms with van der Waals surface area (Å²) in [5, 5.41) is 43.9.